The van der Waals surface area contributed by atoms with E-state index >= 15 is 0 Å². The van der Waals surface area contributed by atoms with Crippen molar-refractivity contribution in [3.05, 3.63) is 35.9 Å². The van der Waals surface area contributed by atoms with Gasteiger partial charge in [0.15, 0.2) is 0 Å². The second-order valence-corrected chi connectivity index (χ2v) is 4.26. The van der Waals surface area contributed by atoms with Crippen molar-refractivity contribution in [2.24, 2.45) is 0 Å². The van der Waals surface area contributed by atoms with Crippen molar-refractivity contribution in [1.82, 2.24) is 0 Å². The van der Waals surface area contributed by atoms with Gasteiger partial charge < -0.3 is 4.74 Å². The number of ether oxygens (including phenoxy) is 1. The molecular weight excluding hydrogens is 264 g/mol. The minimum Gasteiger partial charge on any atom is -0.365 e. The number of hydrogen-bond donors (Lipinski definition) is 0. The highest BCUT2D eigenvalue weighted by molar-refractivity contribution is 9.09. The quantitative estimate of drug-likeness (QED) is 0.573. The number of halogens is 1. The molecule has 1 atom stereocenters. The third-order valence-electron chi connectivity index (χ3n) is 2.24. The molecule has 1 aromatic rings. The van der Waals surface area contributed by atoms with Gasteiger partial charge in [-0.15, -0.1) is 5.92 Å². The first-order chi connectivity index (χ1) is 7.86. The van der Waals surface area contributed by atoms with Crippen molar-refractivity contribution in [2.75, 3.05) is 11.9 Å². The second-order valence-electron chi connectivity index (χ2n) is 3.47. The normalized spacial score (nSPS) is 11.6. The van der Waals surface area contributed by atoms with Crippen LogP contribution in [0.25, 0.3) is 0 Å². The Hall–Kier alpha value is -0.780. The zero-order valence-corrected chi connectivity index (χ0v) is 11.2. The number of aryl methyl sites for hydroxylation is 1. The second kappa shape index (κ2) is 8.38. The van der Waals surface area contributed by atoms with Crippen LogP contribution in [-0.4, -0.2) is 18.0 Å². The van der Waals surface area contributed by atoms with Crippen LogP contribution in [0.1, 0.15) is 18.9 Å². The van der Waals surface area contributed by atoms with E-state index in [-0.39, 0.29) is 6.10 Å². The van der Waals surface area contributed by atoms with E-state index in [1.807, 2.05) is 13.0 Å². The SMILES string of the molecule is CC#CC(CCc1ccccc1)OCCBr. The average Bonchev–Trinajstić information content (AvgIpc) is 2.34. The van der Waals surface area contributed by atoms with Crippen LogP contribution in [-0.2, 0) is 11.2 Å². The molecule has 0 heterocycles. The minimum atomic E-state index is 0.0581. The Balaban J connectivity index is 2.39. The van der Waals surface area contributed by atoms with E-state index in [9.17, 15) is 0 Å². The third kappa shape index (κ3) is 5.34. The molecule has 0 fully saturated rings. The molecule has 1 unspecified atom stereocenters. The average molecular weight is 281 g/mol. The fourth-order valence-electron chi connectivity index (χ4n) is 1.49. The maximum Gasteiger partial charge on any atom is 0.118 e. The Morgan fingerprint density at radius 1 is 1.31 bits per heavy atom. The van der Waals surface area contributed by atoms with Crippen molar-refractivity contribution in [3.63, 3.8) is 0 Å². The van der Waals surface area contributed by atoms with Crippen LogP contribution >= 0.6 is 15.9 Å². The van der Waals surface area contributed by atoms with Crippen LogP contribution in [0.15, 0.2) is 30.3 Å². The van der Waals surface area contributed by atoms with Gasteiger partial charge in [-0.05, 0) is 25.3 Å². The monoisotopic (exact) mass is 280 g/mol. The number of hydrogen-bond acceptors (Lipinski definition) is 1. The summed E-state index contributed by atoms with van der Waals surface area (Å²) < 4.78 is 5.63. The van der Waals surface area contributed by atoms with Gasteiger partial charge in [0.05, 0.1) is 6.61 Å². The molecule has 0 aliphatic rings. The predicted molar refractivity (Wildman–Crippen MR) is 71.7 cm³/mol. The highest BCUT2D eigenvalue weighted by Gasteiger charge is 2.05. The van der Waals surface area contributed by atoms with Crippen molar-refractivity contribution >= 4 is 15.9 Å². The Morgan fingerprint density at radius 3 is 2.69 bits per heavy atom. The first-order valence-corrected chi connectivity index (χ1v) is 6.62. The maximum atomic E-state index is 5.63. The van der Waals surface area contributed by atoms with Crippen LogP contribution in [0.3, 0.4) is 0 Å². The lowest BCUT2D eigenvalue weighted by Crippen LogP contribution is -2.13. The Morgan fingerprint density at radius 2 is 2.06 bits per heavy atom. The summed E-state index contributed by atoms with van der Waals surface area (Å²) in [5, 5.41) is 0.861. The Kier molecular flexibility index (Phi) is 6.96. The lowest BCUT2D eigenvalue weighted by molar-refractivity contribution is 0.0997. The molecular formula is C14H17BrO. The van der Waals surface area contributed by atoms with Gasteiger partial charge in [-0.2, -0.15) is 0 Å². The standard InChI is InChI=1S/C14H17BrO/c1-2-6-14(16-12-11-15)10-9-13-7-4-3-5-8-13/h3-5,7-8,14H,9-12H2,1H3. The molecule has 0 bridgehead atoms. The van der Waals surface area contributed by atoms with Gasteiger partial charge in [-0.3, -0.25) is 0 Å². The molecule has 16 heavy (non-hydrogen) atoms. The molecule has 0 aliphatic heterocycles. The molecule has 0 aromatic heterocycles. The number of benzene rings is 1. The van der Waals surface area contributed by atoms with Crippen LogP contribution in [0.2, 0.25) is 0 Å². The molecule has 1 nitrogen and oxygen atoms in total. The molecule has 0 saturated heterocycles. The van der Waals surface area contributed by atoms with E-state index in [2.05, 4.69) is 52.0 Å². The molecule has 86 valence electrons. The summed E-state index contributed by atoms with van der Waals surface area (Å²) in [6, 6.07) is 10.4. The smallest absolute Gasteiger partial charge is 0.118 e. The lowest BCUT2D eigenvalue weighted by atomic mass is 10.1. The van der Waals surface area contributed by atoms with E-state index in [1.165, 1.54) is 5.56 Å². The maximum absolute atomic E-state index is 5.63. The van der Waals surface area contributed by atoms with Gasteiger partial charge in [0, 0.05) is 5.33 Å². The van der Waals surface area contributed by atoms with Crippen LogP contribution < -0.4 is 0 Å². The number of rotatable bonds is 6. The summed E-state index contributed by atoms with van der Waals surface area (Å²) >= 11 is 3.35. The van der Waals surface area contributed by atoms with Crippen LogP contribution in [0.4, 0.5) is 0 Å². The zero-order chi connectivity index (χ0) is 11.6. The van der Waals surface area contributed by atoms with Gasteiger partial charge in [-0.25, -0.2) is 0 Å². The van der Waals surface area contributed by atoms with Gasteiger partial charge >= 0.3 is 0 Å². The first-order valence-electron chi connectivity index (χ1n) is 5.50. The summed E-state index contributed by atoms with van der Waals surface area (Å²) in [5.41, 5.74) is 1.34. The van der Waals surface area contributed by atoms with E-state index in [4.69, 9.17) is 4.74 Å². The van der Waals surface area contributed by atoms with E-state index < -0.39 is 0 Å². The molecule has 2 heteroatoms. The van der Waals surface area contributed by atoms with Gasteiger partial charge in [-0.1, -0.05) is 52.2 Å². The lowest BCUT2D eigenvalue weighted by Gasteiger charge is -2.11. The van der Waals surface area contributed by atoms with Crippen molar-refractivity contribution in [3.8, 4) is 11.8 Å². The van der Waals surface area contributed by atoms with Gasteiger partial charge in [0.1, 0.15) is 6.10 Å². The molecule has 1 rings (SSSR count). The molecule has 0 radical (unpaired) electrons. The summed E-state index contributed by atoms with van der Waals surface area (Å²) in [6.45, 7) is 2.57. The number of alkyl halides is 1. The highest BCUT2D eigenvalue weighted by Crippen LogP contribution is 2.07. The first kappa shape index (κ1) is 13.3. The molecule has 1 aromatic carbocycles. The summed E-state index contributed by atoms with van der Waals surface area (Å²) in [4.78, 5) is 0. The molecule has 0 aliphatic carbocycles. The molecule has 0 saturated carbocycles. The van der Waals surface area contributed by atoms with E-state index in [0.29, 0.717) is 6.61 Å². The highest BCUT2D eigenvalue weighted by atomic mass is 79.9. The summed E-state index contributed by atoms with van der Waals surface area (Å²) in [6.07, 6.45) is 2.03. The van der Waals surface area contributed by atoms with Crippen molar-refractivity contribution in [1.29, 1.82) is 0 Å². The molecule has 0 spiro atoms. The van der Waals surface area contributed by atoms with Gasteiger partial charge in [0.2, 0.25) is 0 Å². The Labute approximate surface area is 106 Å². The van der Waals surface area contributed by atoms with Crippen LogP contribution in [0, 0.1) is 11.8 Å². The fourth-order valence-corrected chi connectivity index (χ4v) is 1.67. The summed E-state index contributed by atoms with van der Waals surface area (Å²) in [5.74, 6) is 6.02. The largest absolute Gasteiger partial charge is 0.365 e. The minimum absolute atomic E-state index is 0.0581. The fraction of sp³-hybridized carbons (Fsp3) is 0.429. The van der Waals surface area contributed by atoms with Crippen LogP contribution in [0.5, 0.6) is 0 Å². The summed E-state index contributed by atoms with van der Waals surface area (Å²) in [7, 11) is 0. The Bertz CT molecular complexity index is 337. The van der Waals surface area contributed by atoms with E-state index in [1.54, 1.807) is 0 Å². The third-order valence-corrected chi connectivity index (χ3v) is 2.56. The topological polar surface area (TPSA) is 9.23 Å². The molecule has 0 amide bonds. The zero-order valence-electron chi connectivity index (χ0n) is 9.58. The van der Waals surface area contributed by atoms with E-state index in [0.717, 1.165) is 18.2 Å². The molecule has 0 N–H and O–H groups in total. The van der Waals surface area contributed by atoms with Gasteiger partial charge in [0.25, 0.3) is 0 Å². The van der Waals surface area contributed by atoms with Crippen molar-refractivity contribution < 1.29 is 4.74 Å². The van der Waals surface area contributed by atoms with Crippen molar-refractivity contribution in [2.45, 2.75) is 25.9 Å². The predicted octanol–water partition coefficient (Wildman–Crippen LogP) is 3.42.